The summed E-state index contributed by atoms with van der Waals surface area (Å²) in [5, 5.41) is 0. The lowest BCUT2D eigenvalue weighted by Crippen LogP contribution is -1.98. The molecule has 0 N–H and O–H groups in total. The van der Waals surface area contributed by atoms with Crippen LogP contribution >= 0.6 is 22.6 Å². The van der Waals surface area contributed by atoms with Gasteiger partial charge in [-0.15, -0.1) is 0 Å². The van der Waals surface area contributed by atoms with Crippen LogP contribution in [0.3, 0.4) is 0 Å². The predicted octanol–water partition coefficient (Wildman–Crippen LogP) is 1.65. The van der Waals surface area contributed by atoms with Gasteiger partial charge in [0.05, 0.1) is 0 Å². The molecule has 11 heavy (non-hydrogen) atoms. The van der Waals surface area contributed by atoms with Crippen LogP contribution in [0.4, 0.5) is 0 Å². The minimum atomic E-state index is 0.400. The van der Waals surface area contributed by atoms with E-state index in [1.54, 1.807) is 18.3 Å². The van der Waals surface area contributed by atoms with Gasteiger partial charge in [-0.2, -0.15) is 4.98 Å². The molecule has 58 valence electrons. The Hall–Kier alpha value is -0.650. The van der Waals surface area contributed by atoms with Crippen LogP contribution in [-0.4, -0.2) is 16.6 Å². The summed E-state index contributed by atoms with van der Waals surface area (Å²) >= 11 is 2.10. The average Bonchev–Trinajstić information content (AvgIpc) is 2.01. The quantitative estimate of drug-likeness (QED) is 0.472. The first kappa shape index (κ1) is 8.45. The van der Waals surface area contributed by atoms with E-state index in [0.717, 1.165) is 3.70 Å². The number of aromatic nitrogens is 2. The van der Waals surface area contributed by atoms with Gasteiger partial charge >= 0.3 is 6.01 Å². The normalized spacial score (nSPS) is 9.18. The highest BCUT2D eigenvalue weighted by atomic mass is 127. The zero-order valence-corrected chi connectivity index (χ0v) is 7.98. The molecular formula is C7H7IN2O. The van der Waals surface area contributed by atoms with E-state index in [-0.39, 0.29) is 0 Å². The van der Waals surface area contributed by atoms with E-state index in [9.17, 15) is 0 Å². The van der Waals surface area contributed by atoms with Gasteiger partial charge < -0.3 is 4.74 Å². The van der Waals surface area contributed by atoms with Crippen molar-refractivity contribution in [3.63, 3.8) is 0 Å². The van der Waals surface area contributed by atoms with Crippen molar-refractivity contribution in [3.8, 4) is 6.01 Å². The van der Waals surface area contributed by atoms with Gasteiger partial charge in [-0.05, 0) is 28.7 Å². The molecule has 0 amide bonds. The number of hydrogen-bond donors (Lipinski definition) is 0. The first-order valence-corrected chi connectivity index (χ1v) is 4.13. The van der Waals surface area contributed by atoms with Crippen LogP contribution in [0, 0.1) is 3.70 Å². The van der Waals surface area contributed by atoms with Crippen LogP contribution in [0.2, 0.25) is 0 Å². The molecule has 0 bridgehead atoms. The van der Waals surface area contributed by atoms with E-state index >= 15 is 0 Å². The first-order chi connectivity index (χ1) is 5.33. The predicted molar refractivity (Wildman–Crippen MR) is 50.4 cm³/mol. The highest BCUT2D eigenvalue weighted by Crippen LogP contribution is 2.04. The third-order valence-corrected chi connectivity index (χ3v) is 1.53. The molecule has 0 aliphatic rings. The summed E-state index contributed by atoms with van der Waals surface area (Å²) in [7, 11) is 0. The Labute approximate surface area is 78.7 Å². The summed E-state index contributed by atoms with van der Waals surface area (Å²) in [6.45, 7) is 3.96. The molecule has 1 aromatic rings. The SMILES string of the molecule is C=CCOc1nccc(I)n1. The molecule has 0 fully saturated rings. The molecule has 3 nitrogen and oxygen atoms in total. The lowest BCUT2D eigenvalue weighted by Gasteiger charge is -1.98. The first-order valence-electron chi connectivity index (χ1n) is 3.05. The van der Waals surface area contributed by atoms with Gasteiger partial charge in [0.2, 0.25) is 0 Å². The van der Waals surface area contributed by atoms with Crippen LogP contribution in [0.15, 0.2) is 24.9 Å². The van der Waals surface area contributed by atoms with E-state index < -0.39 is 0 Å². The molecule has 0 saturated heterocycles. The van der Waals surface area contributed by atoms with Crippen molar-refractivity contribution in [2.75, 3.05) is 6.61 Å². The molecule has 0 spiro atoms. The smallest absolute Gasteiger partial charge is 0.317 e. The number of ether oxygens (including phenoxy) is 1. The number of nitrogens with zero attached hydrogens (tertiary/aromatic N) is 2. The van der Waals surface area contributed by atoms with Gasteiger partial charge in [0.1, 0.15) is 10.3 Å². The molecule has 1 heterocycles. The van der Waals surface area contributed by atoms with Crippen molar-refractivity contribution < 1.29 is 4.74 Å². The number of hydrogen-bond acceptors (Lipinski definition) is 3. The molecule has 4 heteroatoms. The van der Waals surface area contributed by atoms with E-state index in [1.807, 2.05) is 0 Å². The minimum Gasteiger partial charge on any atom is -0.459 e. The van der Waals surface area contributed by atoms with E-state index in [2.05, 4.69) is 39.1 Å². The Morgan fingerprint density at radius 1 is 1.73 bits per heavy atom. The van der Waals surface area contributed by atoms with Crippen LogP contribution in [-0.2, 0) is 0 Å². The Morgan fingerprint density at radius 3 is 3.18 bits per heavy atom. The summed E-state index contributed by atoms with van der Waals surface area (Å²) in [5.41, 5.74) is 0. The molecule has 0 saturated carbocycles. The minimum absolute atomic E-state index is 0.400. The average molecular weight is 262 g/mol. The molecule has 1 aromatic heterocycles. The monoisotopic (exact) mass is 262 g/mol. The Morgan fingerprint density at radius 2 is 2.55 bits per heavy atom. The van der Waals surface area contributed by atoms with Gasteiger partial charge in [0.15, 0.2) is 0 Å². The summed E-state index contributed by atoms with van der Waals surface area (Å²) in [4.78, 5) is 7.91. The maximum absolute atomic E-state index is 5.09. The molecule has 0 atom stereocenters. The van der Waals surface area contributed by atoms with Gasteiger partial charge in [-0.25, -0.2) is 4.98 Å². The van der Waals surface area contributed by atoms with Crippen molar-refractivity contribution in [1.29, 1.82) is 0 Å². The molecular weight excluding hydrogens is 255 g/mol. The van der Waals surface area contributed by atoms with Crippen LogP contribution < -0.4 is 4.74 Å². The van der Waals surface area contributed by atoms with E-state index in [4.69, 9.17) is 4.74 Å². The molecule has 0 unspecified atom stereocenters. The van der Waals surface area contributed by atoms with Crippen molar-refractivity contribution >= 4 is 22.6 Å². The molecule has 0 radical (unpaired) electrons. The van der Waals surface area contributed by atoms with Crippen LogP contribution in [0.25, 0.3) is 0 Å². The fourth-order valence-corrected chi connectivity index (χ4v) is 0.890. The summed E-state index contributed by atoms with van der Waals surface area (Å²) in [6.07, 6.45) is 3.32. The second kappa shape index (κ2) is 4.27. The van der Waals surface area contributed by atoms with Crippen molar-refractivity contribution in [2.24, 2.45) is 0 Å². The maximum atomic E-state index is 5.09. The maximum Gasteiger partial charge on any atom is 0.317 e. The van der Waals surface area contributed by atoms with E-state index in [0.29, 0.717) is 12.6 Å². The zero-order chi connectivity index (χ0) is 8.10. The second-order valence-corrected chi connectivity index (χ2v) is 2.87. The van der Waals surface area contributed by atoms with Gasteiger partial charge in [0.25, 0.3) is 0 Å². The lowest BCUT2D eigenvalue weighted by molar-refractivity contribution is 0.332. The molecule has 0 aromatic carbocycles. The second-order valence-electron chi connectivity index (χ2n) is 1.76. The standard InChI is InChI=1S/C7H7IN2O/c1-2-5-11-7-9-4-3-6(8)10-7/h2-4H,1,5H2. The Bertz CT molecular complexity index is 252. The summed E-state index contributed by atoms with van der Waals surface area (Å²) in [5.74, 6) is 0. The third kappa shape index (κ3) is 2.83. The molecule has 0 aliphatic carbocycles. The number of halogens is 1. The number of rotatable bonds is 3. The van der Waals surface area contributed by atoms with Gasteiger partial charge in [-0.3, -0.25) is 0 Å². The highest BCUT2D eigenvalue weighted by Gasteiger charge is 1.94. The van der Waals surface area contributed by atoms with Gasteiger partial charge in [0, 0.05) is 6.20 Å². The largest absolute Gasteiger partial charge is 0.459 e. The van der Waals surface area contributed by atoms with Crippen LogP contribution in [0.5, 0.6) is 6.01 Å². The summed E-state index contributed by atoms with van der Waals surface area (Å²) in [6, 6.07) is 2.21. The van der Waals surface area contributed by atoms with Crippen LogP contribution in [0.1, 0.15) is 0 Å². The fourth-order valence-electron chi connectivity index (χ4n) is 0.523. The van der Waals surface area contributed by atoms with Crippen molar-refractivity contribution in [2.45, 2.75) is 0 Å². The third-order valence-electron chi connectivity index (χ3n) is 0.930. The summed E-state index contributed by atoms with van der Waals surface area (Å²) < 4.78 is 5.96. The molecule has 1 rings (SSSR count). The Kier molecular flexibility index (Phi) is 3.28. The highest BCUT2D eigenvalue weighted by molar-refractivity contribution is 14.1. The van der Waals surface area contributed by atoms with Crippen molar-refractivity contribution in [1.82, 2.24) is 9.97 Å². The van der Waals surface area contributed by atoms with Gasteiger partial charge in [-0.1, -0.05) is 12.7 Å². The fraction of sp³-hybridized carbons (Fsp3) is 0.143. The van der Waals surface area contributed by atoms with E-state index in [1.165, 1.54) is 0 Å². The topological polar surface area (TPSA) is 35.0 Å². The molecule has 0 aliphatic heterocycles. The van der Waals surface area contributed by atoms with Crippen molar-refractivity contribution in [3.05, 3.63) is 28.6 Å². The zero-order valence-electron chi connectivity index (χ0n) is 5.83. The lowest BCUT2D eigenvalue weighted by atomic mass is 10.7. The Balaban J connectivity index is 2.63.